The van der Waals surface area contributed by atoms with Crippen LogP contribution in [0.2, 0.25) is 0 Å². The number of allylic oxidation sites excluding steroid dienone is 1. The number of nitrogens with one attached hydrogen (secondary N) is 1. The molecule has 24 heavy (non-hydrogen) atoms. The highest BCUT2D eigenvalue weighted by molar-refractivity contribution is 5.57. The largest absolute Gasteiger partial charge is 0.508 e. The zero-order valence-electron chi connectivity index (χ0n) is 14.7. The first-order valence-electron chi connectivity index (χ1n) is 8.42. The van der Waals surface area contributed by atoms with E-state index in [4.69, 9.17) is 0 Å². The molecule has 0 aliphatic heterocycles. The Labute approximate surface area is 144 Å². The van der Waals surface area contributed by atoms with Crippen LogP contribution in [-0.4, -0.2) is 22.8 Å². The Balaban J connectivity index is 1.95. The molecule has 0 spiro atoms. The summed E-state index contributed by atoms with van der Waals surface area (Å²) in [5, 5.41) is 23.0. The number of aliphatic hydroxyl groups is 1. The van der Waals surface area contributed by atoms with Crippen molar-refractivity contribution in [3.05, 3.63) is 70.8 Å². The molecule has 0 aromatic heterocycles. The molecule has 0 heterocycles. The van der Waals surface area contributed by atoms with E-state index in [9.17, 15) is 10.2 Å². The third-order valence-electron chi connectivity index (χ3n) is 4.21. The molecule has 0 aliphatic carbocycles. The van der Waals surface area contributed by atoms with Crippen molar-refractivity contribution in [2.75, 3.05) is 6.54 Å². The van der Waals surface area contributed by atoms with Crippen LogP contribution < -0.4 is 5.32 Å². The van der Waals surface area contributed by atoms with E-state index in [2.05, 4.69) is 49.5 Å². The summed E-state index contributed by atoms with van der Waals surface area (Å²) in [6, 6.07) is 13.3. The maximum absolute atomic E-state index is 10.3. The summed E-state index contributed by atoms with van der Waals surface area (Å²) in [7, 11) is 0. The number of phenols is 1. The quantitative estimate of drug-likeness (QED) is 0.721. The Morgan fingerprint density at radius 1 is 1.12 bits per heavy atom. The second kappa shape index (κ2) is 8.67. The molecule has 2 atom stereocenters. The molecule has 2 aromatic carbocycles. The van der Waals surface area contributed by atoms with Gasteiger partial charge in [-0.3, -0.25) is 0 Å². The predicted molar refractivity (Wildman–Crippen MR) is 100 cm³/mol. The van der Waals surface area contributed by atoms with E-state index in [-0.39, 0.29) is 11.8 Å². The number of aliphatic hydroxyl groups excluding tert-OH is 1. The van der Waals surface area contributed by atoms with Crippen LogP contribution in [0, 0.1) is 6.92 Å². The van der Waals surface area contributed by atoms with Crippen molar-refractivity contribution in [2.45, 2.75) is 39.3 Å². The van der Waals surface area contributed by atoms with Gasteiger partial charge in [0.1, 0.15) is 5.75 Å². The van der Waals surface area contributed by atoms with Gasteiger partial charge in [0, 0.05) is 12.6 Å². The smallest absolute Gasteiger partial charge is 0.115 e. The SMILES string of the molecule is C/C=C\c1c(C)cccc1CC(C)NCC(O)c1ccc(O)cc1. The molecule has 0 saturated heterocycles. The molecular weight excluding hydrogens is 298 g/mol. The first kappa shape index (κ1) is 18.2. The second-order valence-electron chi connectivity index (χ2n) is 6.27. The molecule has 3 N–H and O–H groups in total. The lowest BCUT2D eigenvalue weighted by Crippen LogP contribution is -2.32. The molecule has 2 rings (SSSR count). The van der Waals surface area contributed by atoms with Gasteiger partial charge in [0.25, 0.3) is 0 Å². The molecule has 2 aromatic rings. The Morgan fingerprint density at radius 2 is 1.83 bits per heavy atom. The van der Waals surface area contributed by atoms with Crippen molar-refractivity contribution in [1.82, 2.24) is 5.32 Å². The van der Waals surface area contributed by atoms with Crippen molar-refractivity contribution < 1.29 is 10.2 Å². The molecule has 2 unspecified atom stereocenters. The summed E-state index contributed by atoms with van der Waals surface area (Å²) < 4.78 is 0. The summed E-state index contributed by atoms with van der Waals surface area (Å²) in [5.41, 5.74) is 4.68. The van der Waals surface area contributed by atoms with Crippen LogP contribution in [0.5, 0.6) is 5.75 Å². The molecule has 128 valence electrons. The lowest BCUT2D eigenvalue weighted by molar-refractivity contribution is 0.170. The van der Waals surface area contributed by atoms with E-state index in [0.717, 1.165) is 12.0 Å². The van der Waals surface area contributed by atoms with E-state index >= 15 is 0 Å². The number of rotatable bonds is 7. The van der Waals surface area contributed by atoms with Gasteiger partial charge in [-0.1, -0.05) is 42.5 Å². The molecular formula is C21H27NO2. The van der Waals surface area contributed by atoms with Gasteiger partial charge in [-0.05, 0) is 61.6 Å². The Hall–Kier alpha value is -2.10. The molecule has 3 nitrogen and oxygen atoms in total. The maximum atomic E-state index is 10.3. The molecule has 0 radical (unpaired) electrons. The van der Waals surface area contributed by atoms with E-state index in [1.54, 1.807) is 24.3 Å². The summed E-state index contributed by atoms with van der Waals surface area (Å²) in [6.07, 6.45) is 4.55. The monoisotopic (exact) mass is 325 g/mol. The fourth-order valence-electron chi connectivity index (χ4n) is 2.85. The van der Waals surface area contributed by atoms with Gasteiger partial charge in [0.2, 0.25) is 0 Å². The number of aromatic hydroxyl groups is 1. The van der Waals surface area contributed by atoms with Crippen LogP contribution in [0.1, 0.15) is 42.2 Å². The van der Waals surface area contributed by atoms with Crippen LogP contribution in [0.3, 0.4) is 0 Å². The molecule has 0 bridgehead atoms. The standard InChI is InChI=1S/C21H27NO2/c1-4-6-20-15(2)7-5-8-18(20)13-16(3)22-14-21(24)17-9-11-19(23)12-10-17/h4-12,16,21-24H,13-14H2,1-3H3/b6-4-. The normalized spacial score (nSPS) is 14.0. The minimum Gasteiger partial charge on any atom is -0.508 e. The number of hydrogen-bond donors (Lipinski definition) is 3. The van der Waals surface area contributed by atoms with E-state index in [1.165, 1.54) is 16.7 Å². The number of benzene rings is 2. The van der Waals surface area contributed by atoms with E-state index in [0.29, 0.717) is 6.54 Å². The second-order valence-corrected chi connectivity index (χ2v) is 6.27. The lowest BCUT2D eigenvalue weighted by Gasteiger charge is -2.19. The summed E-state index contributed by atoms with van der Waals surface area (Å²) in [5.74, 6) is 0.211. The van der Waals surface area contributed by atoms with Crippen LogP contribution in [0.25, 0.3) is 6.08 Å². The van der Waals surface area contributed by atoms with Crippen molar-refractivity contribution in [3.8, 4) is 5.75 Å². The van der Waals surface area contributed by atoms with Crippen molar-refractivity contribution in [1.29, 1.82) is 0 Å². The Bertz CT molecular complexity index is 677. The zero-order chi connectivity index (χ0) is 17.5. The highest BCUT2D eigenvalue weighted by atomic mass is 16.3. The van der Waals surface area contributed by atoms with E-state index in [1.807, 2.05) is 6.92 Å². The van der Waals surface area contributed by atoms with Gasteiger partial charge in [-0.25, -0.2) is 0 Å². The Kier molecular flexibility index (Phi) is 6.59. The molecule has 0 fully saturated rings. The van der Waals surface area contributed by atoms with Gasteiger partial charge in [-0.15, -0.1) is 0 Å². The van der Waals surface area contributed by atoms with Crippen molar-refractivity contribution in [3.63, 3.8) is 0 Å². The summed E-state index contributed by atoms with van der Waals surface area (Å²) >= 11 is 0. The van der Waals surface area contributed by atoms with Crippen LogP contribution in [-0.2, 0) is 6.42 Å². The van der Waals surface area contributed by atoms with Crippen LogP contribution in [0.4, 0.5) is 0 Å². The molecule has 0 saturated carbocycles. The number of aryl methyl sites for hydroxylation is 1. The summed E-state index contributed by atoms with van der Waals surface area (Å²) in [6.45, 7) is 6.78. The fourth-order valence-corrected chi connectivity index (χ4v) is 2.85. The number of phenolic OH excluding ortho intramolecular Hbond substituents is 1. The van der Waals surface area contributed by atoms with Gasteiger partial charge in [-0.2, -0.15) is 0 Å². The predicted octanol–water partition coefficient (Wildman–Crippen LogP) is 3.99. The van der Waals surface area contributed by atoms with E-state index < -0.39 is 6.10 Å². The third-order valence-corrected chi connectivity index (χ3v) is 4.21. The van der Waals surface area contributed by atoms with Crippen LogP contribution in [0.15, 0.2) is 48.5 Å². The third kappa shape index (κ3) is 4.95. The highest BCUT2D eigenvalue weighted by Gasteiger charge is 2.11. The first-order valence-corrected chi connectivity index (χ1v) is 8.42. The van der Waals surface area contributed by atoms with Crippen LogP contribution >= 0.6 is 0 Å². The molecule has 0 aliphatic rings. The molecule has 0 amide bonds. The fraction of sp³-hybridized carbons (Fsp3) is 0.333. The van der Waals surface area contributed by atoms with Gasteiger partial charge < -0.3 is 15.5 Å². The average molecular weight is 325 g/mol. The number of hydrogen-bond acceptors (Lipinski definition) is 3. The van der Waals surface area contributed by atoms with Gasteiger partial charge >= 0.3 is 0 Å². The van der Waals surface area contributed by atoms with Gasteiger partial charge in [0.05, 0.1) is 6.10 Å². The van der Waals surface area contributed by atoms with Crippen molar-refractivity contribution >= 4 is 6.08 Å². The highest BCUT2D eigenvalue weighted by Crippen LogP contribution is 2.19. The lowest BCUT2D eigenvalue weighted by atomic mass is 9.96. The Morgan fingerprint density at radius 3 is 2.50 bits per heavy atom. The summed E-state index contributed by atoms with van der Waals surface area (Å²) in [4.78, 5) is 0. The topological polar surface area (TPSA) is 52.5 Å². The maximum Gasteiger partial charge on any atom is 0.115 e. The minimum atomic E-state index is -0.583. The zero-order valence-corrected chi connectivity index (χ0v) is 14.7. The first-order chi connectivity index (χ1) is 11.5. The average Bonchev–Trinajstić information content (AvgIpc) is 2.56. The van der Waals surface area contributed by atoms with Crippen molar-refractivity contribution in [2.24, 2.45) is 0 Å². The molecule has 3 heteroatoms. The minimum absolute atomic E-state index is 0.211. The van der Waals surface area contributed by atoms with Gasteiger partial charge in [0.15, 0.2) is 0 Å².